The fourth-order valence-corrected chi connectivity index (χ4v) is 2.28. The highest BCUT2D eigenvalue weighted by Crippen LogP contribution is 2.18. The van der Waals surface area contributed by atoms with Crippen LogP contribution in [0.3, 0.4) is 0 Å². The van der Waals surface area contributed by atoms with Crippen LogP contribution in [0.2, 0.25) is 0 Å². The summed E-state index contributed by atoms with van der Waals surface area (Å²) in [6, 6.07) is 3.63. The van der Waals surface area contributed by atoms with E-state index in [1.165, 1.54) is 6.20 Å². The van der Waals surface area contributed by atoms with Gasteiger partial charge in [0, 0.05) is 31.6 Å². The number of nitrogens with zero attached hydrogens (tertiary/aromatic N) is 4. The van der Waals surface area contributed by atoms with E-state index in [1.807, 2.05) is 19.1 Å². The van der Waals surface area contributed by atoms with Gasteiger partial charge in [0.15, 0.2) is 0 Å². The van der Waals surface area contributed by atoms with Crippen molar-refractivity contribution in [2.75, 3.05) is 13.1 Å². The van der Waals surface area contributed by atoms with E-state index in [0.717, 1.165) is 17.9 Å². The summed E-state index contributed by atoms with van der Waals surface area (Å²) in [6.07, 6.45) is 7.33. The lowest BCUT2D eigenvalue weighted by Gasteiger charge is -2.16. The van der Waals surface area contributed by atoms with Gasteiger partial charge in [0.05, 0.1) is 18.4 Å². The topological polar surface area (TPSA) is 68.2 Å². The smallest absolute Gasteiger partial charge is 0.274 e. The third-order valence-corrected chi connectivity index (χ3v) is 3.38. The average Bonchev–Trinajstić information content (AvgIpc) is 2.97. The first kappa shape index (κ1) is 13.5. The minimum absolute atomic E-state index is 0.00903. The molecule has 6 nitrogen and oxygen atoms in total. The van der Waals surface area contributed by atoms with Crippen LogP contribution in [-0.4, -0.2) is 45.0 Å². The number of likely N-dealkylation sites (tertiary alicyclic amines) is 1. The zero-order valence-electron chi connectivity index (χ0n) is 11.8. The molecule has 1 atom stereocenters. The van der Waals surface area contributed by atoms with E-state index in [1.54, 1.807) is 23.5 Å². The SMILES string of the molecule is Cc1cnc(C(=O)N2CCC(Oc3ccncc3)C2)cn1. The molecule has 0 aliphatic carbocycles. The minimum atomic E-state index is -0.0941. The molecule has 1 aliphatic heterocycles. The molecule has 1 amide bonds. The Morgan fingerprint density at radius 3 is 2.81 bits per heavy atom. The molecule has 1 fully saturated rings. The Kier molecular flexibility index (Phi) is 3.77. The first-order valence-electron chi connectivity index (χ1n) is 6.87. The number of amides is 1. The minimum Gasteiger partial charge on any atom is -0.488 e. The van der Waals surface area contributed by atoms with Crippen LogP contribution < -0.4 is 4.74 Å². The number of hydrogen-bond acceptors (Lipinski definition) is 5. The highest BCUT2D eigenvalue weighted by molar-refractivity contribution is 5.92. The average molecular weight is 284 g/mol. The highest BCUT2D eigenvalue weighted by atomic mass is 16.5. The van der Waals surface area contributed by atoms with Crippen molar-refractivity contribution < 1.29 is 9.53 Å². The lowest BCUT2D eigenvalue weighted by atomic mass is 10.3. The second kappa shape index (κ2) is 5.87. The first-order chi connectivity index (χ1) is 10.2. The number of carbonyl (C=O) groups excluding carboxylic acids is 1. The summed E-state index contributed by atoms with van der Waals surface area (Å²) in [4.78, 5) is 26.3. The Morgan fingerprint density at radius 1 is 1.29 bits per heavy atom. The Hall–Kier alpha value is -2.50. The molecule has 3 rings (SSSR count). The maximum absolute atomic E-state index is 12.3. The number of aryl methyl sites for hydroxylation is 1. The molecule has 0 aromatic carbocycles. The second-order valence-electron chi connectivity index (χ2n) is 5.01. The molecule has 2 aromatic heterocycles. The van der Waals surface area contributed by atoms with Gasteiger partial charge in [-0.2, -0.15) is 0 Å². The standard InChI is InChI=1S/C15H16N4O2/c1-11-8-18-14(9-17-11)15(20)19-7-4-13(10-19)21-12-2-5-16-6-3-12/h2-3,5-6,8-9,13H,4,7,10H2,1H3. The van der Waals surface area contributed by atoms with E-state index in [4.69, 9.17) is 4.74 Å². The number of ether oxygens (including phenoxy) is 1. The van der Waals surface area contributed by atoms with E-state index in [9.17, 15) is 4.79 Å². The lowest BCUT2D eigenvalue weighted by Crippen LogP contribution is -2.31. The summed E-state index contributed by atoms with van der Waals surface area (Å²) in [6.45, 7) is 3.08. The van der Waals surface area contributed by atoms with Gasteiger partial charge in [-0.05, 0) is 19.1 Å². The monoisotopic (exact) mass is 284 g/mol. The summed E-state index contributed by atoms with van der Waals surface area (Å²) in [5.41, 5.74) is 1.18. The molecular weight excluding hydrogens is 268 g/mol. The molecule has 1 saturated heterocycles. The van der Waals surface area contributed by atoms with E-state index >= 15 is 0 Å². The van der Waals surface area contributed by atoms with Crippen molar-refractivity contribution in [1.29, 1.82) is 0 Å². The third kappa shape index (κ3) is 3.16. The molecule has 108 valence electrons. The van der Waals surface area contributed by atoms with Crippen LogP contribution in [0.4, 0.5) is 0 Å². The van der Waals surface area contributed by atoms with E-state index in [-0.39, 0.29) is 12.0 Å². The Bertz CT molecular complexity index is 615. The normalized spacial score (nSPS) is 17.8. The van der Waals surface area contributed by atoms with Gasteiger partial charge >= 0.3 is 0 Å². The molecule has 0 saturated carbocycles. The Balaban J connectivity index is 1.61. The van der Waals surface area contributed by atoms with Gasteiger partial charge in [0.2, 0.25) is 0 Å². The van der Waals surface area contributed by atoms with Crippen molar-refractivity contribution >= 4 is 5.91 Å². The van der Waals surface area contributed by atoms with Gasteiger partial charge in [0.1, 0.15) is 17.5 Å². The predicted octanol–water partition coefficient (Wildman–Crippen LogP) is 1.47. The fourth-order valence-electron chi connectivity index (χ4n) is 2.28. The molecule has 21 heavy (non-hydrogen) atoms. The van der Waals surface area contributed by atoms with E-state index in [2.05, 4.69) is 15.0 Å². The zero-order chi connectivity index (χ0) is 14.7. The van der Waals surface area contributed by atoms with E-state index in [0.29, 0.717) is 18.8 Å². The number of rotatable bonds is 3. The molecular formula is C15H16N4O2. The molecule has 6 heteroatoms. The second-order valence-corrected chi connectivity index (χ2v) is 5.01. The van der Waals surface area contributed by atoms with Crippen LogP contribution >= 0.6 is 0 Å². The summed E-state index contributed by atoms with van der Waals surface area (Å²) in [5, 5.41) is 0. The van der Waals surface area contributed by atoms with Gasteiger partial charge in [-0.1, -0.05) is 0 Å². The Labute approximate surface area is 122 Å². The third-order valence-electron chi connectivity index (χ3n) is 3.38. The van der Waals surface area contributed by atoms with Crippen LogP contribution in [0.1, 0.15) is 22.6 Å². The van der Waals surface area contributed by atoms with Crippen molar-refractivity contribution in [3.05, 3.63) is 48.3 Å². The van der Waals surface area contributed by atoms with Crippen molar-refractivity contribution in [1.82, 2.24) is 19.9 Å². The highest BCUT2D eigenvalue weighted by Gasteiger charge is 2.29. The predicted molar refractivity (Wildman–Crippen MR) is 75.9 cm³/mol. The molecule has 3 heterocycles. The van der Waals surface area contributed by atoms with Crippen LogP contribution in [-0.2, 0) is 0 Å². The van der Waals surface area contributed by atoms with Crippen LogP contribution in [0.5, 0.6) is 5.75 Å². The first-order valence-corrected chi connectivity index (χ1v) is 6.87. The molecule has 1 aliphatic rings. The summed E-state index contributed by atoms with van der Waals surface area (Å²) in [7, 11) is 0. The molecule has 0 radical (unpaired) electrons. The maximum atomic E-state index is 12.3. The van der Waals surface area contributed by atoms with Crippen molar-refractivity contribution in [2.24, 2.45) is 0 Å². The molecule has 1 unspecified atom stereocenters. The van der Waals surface area contributed by atoms with Crippen molar-refractivity contribution in [2.45, 2.75) is 19.4 Å². The van der Waals surface area contributed by atoms with Gasteiger partial charge in [-0.25, -0.2) is 4.98 Å². The van der Waals surface area contributed by atoms with Gasteiger partial charge in [-0.3, -0.25) is 14.8 Å². The number of hydrogen-bond donors (Lipinski definition) is 0. The molecule has 0 spiro atoms. The van der Waals surface area contributed by atoms with Crippen molar-refractivity contribution in [3.63, 3.8) is 0 Å². The molecule has 2 aromatic rings. The summed E-state index contributed by atoms with van der Waals surface area (Å²) in [5.74, 6) is 0.683. The molecule has 0 N–H and O–H groups in total. The molecule has 0 bridgehead atoms. The summed E-state index contributed by atoms with van der Waals surface area (Å²) >= 11 is 0. The van der Waals surface area contributed by atoms with Crippen LogP contribution in [0, 0.1) is 6.92 Å². The fraction of sp³-hybridized carbons (Fsp3) is 0.333. The number of pyridine rings is 1. The van der Waals surface area contributed by atoms with Gasteiger partial charge in [0.25, 0.3) is 5.91 Å². The zero-order valence-corrected chi connectivity index (χ0v) is 11.8. The van der Waals surface area contributed by atoms with Gasteiger partial charge < -0.3 is 9.64 Å². The van der Waals surface area contributed by atoms with Crippen LogP contribution in [0.15, 0.2) is 36.9 Å². The Morgan fingerprint density at radius 2 is 2.10 bits per heavy atom. The summed E-state index contributed by atoms with van der Waals surface area (Å²) < 4.78 is 5.84. The van der Waals surface area contributed by atoms with Crippen molar-refractivity contribution in [3.8, 4) is 5.75 Å². The number of carbonyl (C=O) groups is 1. The van der Waals surface area contributed by atoms with E-state index < -0.39 is 0 Å². The largest absolute Gasteiger partial charge is 0.488 e. The van der Waals surface area contributed by atoms with Crippen LogP contribution in [0.25, 0.3) is 0 Å². The number of aromatic nitrogens is 3. The quantitative estimate of drug-likeness (QED) is 0.854. The lowest BCUT2D eigenvalue weighted by molar-refractivity contribution is 0.0766. The maximum Gasteiger partial charge on any atom is 0.274 e. The van der Waals surface area contributed by atoms with Gasteiger partial charge in [-0.15, -0.1) is 0 Å².